The van der Waals surface area contributed by atoms with Crippen molar-refractivity contribution in [2.24, 2.45) is 7.05 Å². The van der Waals surface area contributed by atoms with Crippen LogP contribution in [0, 0.1) is 13.8 Å². The number of hydrogen-bond acceptors (Lipinski definition) is 5. The molecule has 1 unspecified atom stereocenters. The maximum absolute atomic E-state index is 4.62. The van der Waals surface area contributed by atoms with Gasteiger partial charge in [-0.1, -0.05) is 18.3 Å². The van der Waals surface area contributed by atoms with E-state index in [2.05, 4.69) is 32.3 Å². The molecule has 20 heavy (non-hydrogen) atoms. The van der Waals surface area contributed by atoms with Crippen LogP contribution >= 0.6 is 11.3 Å². The number of anilines is 1. The fourth-order valence-electron chi connectivity index (χ4n) is 2.27. The van der Waals surface area contributed by atoms with E-state index in [0.717, 1.165) is 39.1 Å². The molecule has 0 aliphatic rings. The summed E-state index contributed by atoms with van der Waals surface area (Å²) in [5.41, 5.74) is 3.03. The van der Waals surface area contributed by atoms with Crippen LogP contribution in [0.3, 0.4) is 0 Å². The van der Waals surface area contributed by atoms with Crippen LogP contribution in [0.15, 0.2) is 6.20 Å². The second-order valence-electron chi connectivity index (χ2n) is 4.94. The molecule has 0 aliphatic heterocycles. The molecule has 0 aliphatic carbocycles. The van der Waals surface area contributed by atoms with E-state index in [0.29, 0.717) is 0 Å². The van der Waals surface area contributed by atoms with Gasteiger partial charge in [-0.2, -0.15) is 5.10 Å². The van der Waals surface area contributed by atoms with Crippen LogP contribution in [-0.4, -0.2) is 24.7 Å². The lowest BCUT2D eigenvalue weighted by atomic mass is 10.2. The Kier molecular flexibility index (Phi) is 3.21. The topological polar surface area (TPSA) is 71.4 Å². The van der Waals surface area contributed by atoms with Gasteiger partial charge in [-0.25, -0.2) is 14.6 Å². The maximum Gasteiger partial charge on any atom is 0.186 e. The molecule has 0 radical (unpaired) electrons. The van der Waals surface area contributed by atoms with Crippen molar-refractivity contribution in [2.45, 2.75) is 33.2 Å². The van der Waals surface area contributed by atoms with Crippen LogP contribution in [0.1, 0.15) is 36.6 Å². The molecule has 0 fully saturated rings. The van der Waals surface area contributed by atoms with Crippen molar-refractivity contribution in [1.82, 2.24) is 24.7 Å². The predicted octanol–water partition coefficient (Wildman–Crippen LogP) is 2.93. The summed E-state index contributed by atoms with van der Waals surface area (Å²) in [5.74, 6) is 0.958. The number of aromatic nitrogens is 5. The Labute approximate surface area is 121 Å². The highest BCUT2D eigenvalue weighted by Gasteiger charge is 2.17. The standard InChI is InChI=1S/C13H18N6S/c1-5-9(11-14-6-7(2)15-11)16-13-17-12-10(20-13)8(3)18-19(12)4/h6,9H,5H2,1-4H3,(H,14,15)(H,16,17). The number of rotatable bonds is 4. The number of imidazole rings is 1. The number of aryl methyl sites for hydroxylation is 3. The zero-order chi connectivity index (χ0) is 14.3. The summed E-state index contributed by atoms with van der Waals surface area (Å²) in [6.07, 6.45) is 2.80. The minimum atomic E-state index is 0.150. The molecule has 0 bridgehead atoms. The monoisotopic (exact) mass is 290 g/mol. The van der Waals surface area contributed by atoms with Gasteiger partial charge < -0.3 is 10.3 Å². The Balaban J connectivity index is 1.89. The SMILES string of the molecule is CCC(Nc1nc2c(s1)c(C)nn2C)c1ncc(C)[nH]1. The first kappa shape index (κ1) is 13.1. The average molecular weight is 290 g/mol. The maximum atomic E-state index is 4.62. The molecule has 0 aromatic carbocycles. The van der Waals surface area contributed by atoms with Gasteiger partial charge in [-0.15, -0.1) is 0 Å². The summed E-state index contributed by atoms with van der Waals surface area (Å²) in [7, 11) is 1.92. The molecule has 0 amide bonds. The van der Waals surface area contributed by atoms with E-state index in [1.165, 1.54) is 0 Å². The number of hydrogen-bond donors (Lipinski definition) is 2. The van der Waals surface area contributed by atoms with Crippen molar-refractivity contribution in [3.63, 3.8) is 0 Å². The van der Waals surface area contributed by atoms with E-state index in [4.69, 9.17) is 0 Å². The van der Waals surface area contributed by atoms with Crippen molar-refractivity contribution >= 4 is 26.8 Å². The highest BCUT2D eigenvalue weighted by Crippen LogP contribution is 2.30. The molecule has 0 saturated carbocycles. The predicted molar refractivity (Wildman–Crippen MR) is 81.1 cm³/mol. The normalized spacial score (nSPS) is 13.0. The van der Waals surface area contributed by atoms with Crippen LogP contribution in [0.4, 0.5) is 5.13 Å². The van der Waals surface area contributed by atoms with E-state index >= 15 is 0 Å². The fraction of sp³-hybridized carbons (Fsp3) is 0.462. The molecule has 0 saturated heterocycles. The summed E-state index contributed by atoms with van der Waals surface area (Å²) in [4.78, 5) is 12.3. The van der Waals surface area contributed by atoms with E-state index in [9.17, 15) is 0 Å². The number of nitrogens with one attached hydrogen (secondary N) is 2. The summed E-state index contributed by atoms with van der Waals surface area (Å²) in [6.45, 7) is 6.16. The highest BCUT2D eigenvalue weighted by atomic mass is 32.1. The first-order valence-electron chi connectivity index (χ1n) is 6.66. The minimum Gasteiger partial charge on any atom is -0.352 e. The van der Waals surface area contributed by atoms with Crippen LogP contribution in [0.2, 0.25) is 0 Å². The quantitative estimate of drug-likeness (QED) is 0.775. The Morgan fingerprint density at radius 3 is 2.85 bits per heavy atom. The molecule has 7 heteroatoms. The summed E-state index contributed by atoms with van der Waals surface area (Å²) in [5, 5.41) is 8.75. The van der Waals surface area contributed by atoms with Gasteiger partial charge in [0.05, 0.1) is 16.4 Å². The Bertz CT molecular complexity index is 703. The number of fused-ring (bicyclic) bond motifs is 1. The molecule has 106 valence electrons. The van der Waals surface area contributed by atoms with Crippen molar-refractivity contribution in [3.05, 3.63) is 23.4 Å². The summed E-state index contributed by atoms with van der Waals surface area (Å²) >= 11 is 1.64. The van der Waals surface area contributed by atoms with Crippen LogP contribution in [-0.2, 0) is 7.05 Å². The van der Waals surface area contributed by atoms with Gasteiger partial charge in [0.2, 0.25) is 0 Å². The van der Waals surface area contributed by atoms with Gasteiger partial charge in [0.25, 0.3) is 0 Å². The molecular formula is C13H18N6S. The Hall–Kier alpha value is -1.89. The summed E-state index contributed by atoms with van der Waals surface area (Å²) in [6, 6.07) is 0.150. The molecule has 3 aromatic heterocycles. The Morgan fingerprint density at radius 1 is 1.45 bits per heavy atom. The highest BCUT2D eigenvalue weighted by molar-refractivity contribution is 7.22. The molecule has 0 spiro atoms. The lowest BCUT2D eigenvalue weighted by molar-refractivity contribution is 0.701. The van der Waals surface area contributed by atoms with Crippen LogP contribution in [0.25, 0.3) is 10.3 Å². The van der Waals surface area contributed by atoms with Crippen LogP contribution < -0.4 is 5.32 Å². The van der Waals surface area contributed by atoms with Gasteiger partial charge in [0, 0.05) is 18.9 Å². The second kappa shape index (κ2) is 4.90. The largest absolute Gasteiger partial charge is 0.352 e. The zero-order valence-corrected chi connectivity index (χ0v) is 12.9. The number of thiazole rings is 1. The zero-order valence-electron chi connectivity index (χ0n) is 12.1. The van der Waals surface area contributed by atoms with Gasteiger partial charge in [-0.05, 0) is 20.3 Å². The number of H-pyrrole nitrogens is 1. The van der Waals surface area contributed by atoms with Crippen molar-refractivity contribution in [3.8, 4) is 0 Å². The van der Waals surface area contributed by atoms with E-state index in [1.54, 1.807) is 11.3 Å². The van der Waals surface area contributed by atoms with Gasteiger partial charge in [0.15, 0.2) is 10.8 Å². The fourth-order valence-corrected chi connectivity index (χ4v) is 3.25. The third-order valence-electron chi connectivity index (χ3n) is 3.30. The lowest BCUT2D eigenvalue weighted by Crippen LogP contribution is -2.11. The molecule has 1 atom stereocenters. The smallest absolute Gasteiger partial charge is 0.186 e. The molecule has 3 aromatic rings. The minimum absolute atomic E-state index is 0.150. The molecule has 3 heterocycles. The van der Waals surface area contributed by atoms with Crippen LogP contribution in [0.5, 0.6) is 0 Å². The Morgan fingerprint density at radius 2 is 2.25 bits per heavy atom. The molecule has 3 rings (SSSR count). The average Bonchev–Trinajstić information content (AvgIpc) is 3.07. The number of nitrogens with zero attached hydrogens (tertiary/aromatic N) is 4. The first-order chi connectivity index (χ1) is 9.58. The van der Waals surface area contributed by atoms with Gasteiger partial charge >= 0.3 is 0 Å². The van der Waals surface area contributed by atoms with Gasteiger partial charge in [0.1, 0.15) is 5.82 Å². The number of aromatic amines is 1. The van der Waals surface area contributed by atoms with E-state index in [1.807, 2.05) is 31.8 Å². The van der Waals surface area contributed by atoms with Crippen molar-refractivity contribution in [1.29, 1.82) is 0 Å². The summed E-state index contributed by atoms with van der Waals surface area (Å²) < 4.78 is 2.96. The van der Waals surface area contributed by atoms with E-state index in [-0.39, 0.29) is 6.04 Å². The molecular weight excluding hydrogens is 272 g/mol. The molecule has 2 N–H and O–H groups in total. The van der Waals surface area contributed by atoms with E-state index < -0.39 is 0 Å². The molecule has 6 nitrogen and oxygen atoms in total. The van der Waals surface area contributed by atoms with Gasteiger partial charge in [-0.3, -0.25) is 0 Å². The third-order valence-corrected chi connectivity index (χ3v) is 4.39. The second-order valence-corrected chi connectivity index (χ2v) is 5.94. The van der Waals surface area contributed by atoms with Crippen molar-refractivity contribution in [2.75, 3.05) is 5.32 Å². The third kappa shape index (κ3) is 2.18. The lowest BCUT2D eigenvalue weighted by Gasteiger charge is -2.13. The first-order valence-corrected chi connectivity index (χ1v) is 7.48. The van der Waals surface area contributed by atoms with Crippen molar-refractivity contribution < 1.29 is 0 Å².